The molecule has 0 radical (unpaired) electrons. The first-order chi connectivity index (χ1) is 14.1. The van der Waals surface area contributed by atoms with Crippen LogP contribution in [0.3, 0.4) is 0 Å². The van der Waals surface area contributed by atoms with Crippen LogP contribution in [0, 0.1) is 5.82 Å². The van der Waals surface area contributed by atoms with E-state index in [9.17, 15) is 9.18 Å². The van der Waals surface area contributed by atoms with Crippen LogP contribution >= 0.6 is 0 Å². The predicted octanol–water partition coefficient (Wildman–Crippen LogP) is 4.68. The molecule has 0 atom stereocenters. The molecule has 0 unspecified atom stereocenters. The van der Waals surface area contributed by atoms with Gasteiger partial charge in [-0.05, 0) is 66.5 Å². The Balaban J connectivity index is 1.36. The Hall–Kier alpha value is -2.66. The minimum atomic E-state index is -0.756. The number of likely N-dealkylation sites (tertiary alicyclic amines) is 1. The monoisotopic (exact) mass is 394 g/mol. The van der Waals surface area contributed by atoms with Crippen molar-refractivity contribution in [1.82, 2.24) is 9.47 Å². The molecule has 1 aliphatic rings. The van der Waals surface area contributed by atoms with Gasteiger partial charge in [-0.25, -0.2) is 4.39 Å². The zero-order valence-electron chi connectivity index (χ0n) is 16.6. The summed E-state index contributed by atoms with van der Waals surface area (Å²) in [7, 11) is 0. The second-order valence-electron chi connectivity index (χ2n) is 7.96. The fourth-order valence-electron chi connectivity index (χ4n) is 4.28. The molecule has 2 heterocycles. The summed E-state index contributed by atoms with van der Waals surface area (Å²) in [6, 6.07) is 15.7. The van der Waals surface area contributed by atoms with E-state index in [1.807, 2.05) is 18.2 Å². The Bertz CT molecular complexity index is 972. The molecule has 4 nitrogen and oxygen atoms in total. The van der Waals surface area contributed by atoms with Crippen molar-refractivity contribution < 1.29 is 14.3 Å². The van der Waals surface area contributed by atoms with Gasteiger partial charge in [-0.3, -0.25) is 4.79 Å². The summed E-state index contributed by atoms with van der Waals surface area (Å²) in [6.07, 6.45) is 6.06. The lowest BCUT2D eigenvalue weighted by atomic mass is 10.0. The van der Waals surface area contributed by atoms with Crippen molar-refractivity contribution >= 4 is 16.9 Å². The standard InChI is InChI=1S/C24H27FN2O2/c25-21-6-2-18(3-7-21)9-13-26-14-11-22(12-15-26)27-16-10-20-5-1-19(17-23(20)27)4-8-24(28)29/h1-3,5-7,10,16-17,22H,4,8-9,11-15H2,(H,28,29). The summed E-state index contributed by atoms with van der Waals surface area (Å²) in [5.41, 5.74) is 3.47. The van der Waals surface area contributed by atoms with Crippen molar-refractivity contribution in [3.8, 4) is 0 Å². The molecule has 1 fully saturated rings. The summed E-state index contributed by atoms with van der Waals surface area (Å²) >= 11 is 0. The lowest BCUT2D eigenvalue weighted by Gasteiger charge is -2.33. The molecule has 1 saturated heterocycles. The Labute approximate surface area is 170 Å². The average molecular weight is 394 g/mol. The minimum Gasteiger partial charge on any atom is -0.481 e. The van der Waals surface area contributed by atoms with Gasteiger partial charge in [-0.15, -0.1) is 0 Å². The highest BCUT2D eigenvalue weighted by atomic mass is 19.1. The number of fused-ring (bicyclic) bond motifs is 1. The number of piperidine rings is 1. The van der Waals surface area contributed by atoms with Crippen molar-refractivity contribution in [2.45, 2.75) is 38.1 Å². The number of carboxylic acids is 1. The van der Waals surface area contributed by atoms with Gasteiger partial charge in [0.25, 0.3) is 0 Å². The minimum absolute atomic E-state index is 0.165. The van der Waals surface area contributed by atoms with E-state index in [1.165, 1.54) is 28.6 Å². The molecule has 1 aliphatic heterocycles. The molecule has 3 aromatic rings. The summed E-state index contributed by atoms with van der Waals surface area (Å²) in [5, 5.41) is 10.1. The smallest absolute Gasteiger partial charge is 0.303 e. The van der Waals surface area contributed by atoms with E-state index in [4.69, 9.17) is 5.11 Å². The normalized spacial score (nSPS) is 15.8. The summed E-state index contributed by atoms with van der Waals surface area (Å²) in [6.45, 7) is 3.12. The molecule has 5 heteroatoms. The maximum Gasteiger partial charge on any atom is 0.303 e. The highest BCUT2D eigenvalue weighted by Gasteiger charge is 2.21. The van der Waals surface area contributed by atoms with Gasteiger partial charge in [0.15, 0.2) is 0 Å². The number of halogens is 1. The number of aliphatic carboxylic acids is 1. The van der Waals surface area contributed by atoms with E-state index in [2.05, 4.69) is 33.9 Å². The van der Waals surface area contributed by atoms with E-state index < -0.39 is 5.97 Å². The number of rotatable bonds is 7. The first-order valence-electron chi connectivity index (χ1n) is 10.4. The van der Waals surface area contributed by atoms with Crippen molar-refractivity contribution in [3.05, 3.63) is 71.7 Å². The molecule has 2 aromatic carbocycles. The van der Waals surface area contributed by atoms with Crippen molar-refractivity contribution in [2.75, 3.05) is 19.6 Å². The first-order valence-corrected chi connectivity index (χ1v) is 10.4. The fraction of sp³-hybridized carbons (Fsp3) is 0.375. The van der Waals surface area contributed by atoms with Crippen LogP contribution in [0.1, 0.15) is 36.4 Å². The van der Waals surface area contributed by atoms with Crippen molar-refractivity contribution in [3.63, 3.8) is 0 Å². The van der Waals surface area contributed by atoms with Gasteiger partial charge >= 0.3 is 5.97 Å². The van der Waals surface area contributed by atoms with Gasteiger partial charge in [-0.1, -0.05) is 24.3 Å². The largest absolute Gasteiger partial charge is 0.481 e. The molecule has 29 heavy (non-hydrogen) atoms. The average Bonchev–Trinajstić information content (AvgIpc) is 3.15. The van der Waals surface area contributed by atoms with Gasteiger partial charge in [-0.2, -0.15) is 0 Å². The first kappa shape index (κ1) is 19.6. The zero-order valence-corrected chi connectivity index (χ0v) is 16.6. The van der Waals surface area contributed by atoms with Gasteiger partial charge in [0, 0.05) is 43.8 Å². The Morgan fingerprint density at radius 3 is 2.45 bits per heavy atom. The quantitative estimate of drug-likeness (QED) is 0.633. The van der Waals surface area contributed by atoms with Gasteiger partial charge in [0.05, 0.1) is 0 Å². The van der Waals surface area contributed by atoms with Crippen molar-refractivity contribution in [2.24, 2.45) is 0 Å². The third-order valence-corrected chi connectivity index (χ3v) is 6.00. The number of aromatic nitrogens is 1. The molecule has 0 spiro atoms. The van der Waals surface area contributed by atoms with Crippen LogP contribution in [0.2, 0.25) is 0 Å². The lowest BCUT2D eigenvalue weighted by molar-refractivity contribution is -0.136. The summed E-state index contributed by atoms with van der Waals surface area (Å²) in [5.74, 6) is -0.937. The highest BCUT2D eigenvalue weighted by molar-refractivity contribution is 5.81. The second kappa shape index (κ2) is 8.78. The Morgan fingerprint density at radius 2 is 1.72 bits per heavy atom. The van der Waals surface area contributed by atoms with Gasteiger partial charge < -0.3 is 14.6 Å². The van der Waals surface area contributed by atoms with Crippen LogP contribution < -0.4 is 0 Å². The number of carbonyl (C=O) groups is 1. The van der Waals surface area contributed by atoms with Crippen LogP contribution in [0.25, 0.3) is 10.9 Å². The third kappa shape index (κ3) is 4.85. The summed E-state index contributed by atoms with van der Waals surface area (Å²) in [4.78, 5) is 13.4. The lowest BCUT2D eigenvalue weighted by Crippen LogP contribution is -2.35. The van der Waals surface area contributed by atoms with E-state index in [0.717, 1.165) is 44.5 Å². The third-order valence-electron chi connectivity index (χ3n) is 6.00. The zero-order chi connectivity index (χ0) is 20.2. The number of hydrogen-bond acceptors (Lipinski definition) is 2. The molecule has 1 N–H and O–H groups in total. The number of hydrogen-bond donors (Lipinski definition) is 1. The Morgan fingerprint density at radius 1 is 1.00 bits per heavy atom. The SMILES string of the molecule is O=C(O)CCc1ccc2ccn(C3CCN(CCc4ccc(F)cc4)CC3)c2c1. The van der Waals surface area contributed by atoms with Crippen LogP contribution in [0.5, 0.6) is 0 Å². The molecule has 1 aromatic heterocycles. The predicted molar refractivity (Wildman–Crippen MR) is 113 cm³/mol. The molecule has 0 aliphatic carbocycles. The number of benzene rings is 2. The van der Waals surface area contributed by atoms with E-state index >= 15 is 0 Å². The van der Waals surface area contributed by atoms with Gasteiger partial charge in [0.2, 0.25) is 0 Å². The van der Waals surface area contributed by atoms with Gasteiger partial charge in [0.1, 0.15) is 5.82 Å². The van der Waals surface area contributed by atoms with E-state index in [1.54, 1.807) is 0 Å². The van der Waals surface area contributed by atoms with E-state index in [0.29, 0.717) is 12.5 Å². The Kier molecular flexibility index (Phi) is 5.95. The molecule has 152 valence electrons. The maximum atomic E-state index is 13.0. The maximum absolute atomic E-state index is 13.0. The summed E-state index contributed by atoms with van der Waals surface area (Å²) < 4.78 is 15.4. The van der Waals surface area contributed by atoms with Crippen LogP contribution in [0.4, 0.5) is 4.39 Å². The molecule has 0 bridgehead atoms. The van der Waals surface area contributed by atoms with Crippen LogP contribution in [-0.4, -0.2) is 40.2 Å². The molecular formula is C24H27FN2O2. The fourth-order valence-corrected chi connectivity index (χ4v) is 4.28. The van der Waals surface area contributed by atoms with Crippen molar-refractivity contribution in [1.29, 1.82) is 0 Å². The van der Waals surface area contributed by atoms with Crippen LogP contribution in [0.15, 0.2) is 54.7 Å². The molecule has 0 amide bonds. The number of carboxylic acid groups (broad SMARTS) is 1. The molecular weight excluding hydrogens is 367 g/mol. The number of aryl methyl sites for hydroxylation is 1. The number of nitrogens with zero attached hydrogens (tertiary/aromatic N) is 2. The second-order valence-corrected chi connectivity index (χ2v) is 7.96. The van der Waals surface area contributed by atoms with E-state index in [-0.39, 0.29) is 12.2 Å². The highest BCUT2D eigenvalue weighted by Crippen LogP contribution is 2.28. The molecule has 0 saturated carbocycles. The van der Waals surface area contributed by atoms with Crippen LogP contribution in [-0.2, 0) is 17.6 Å². The molecule has 4 rings (SSSR count). The topological polar surface area (TPSA) is 45.5 Å².